The van der Waals surface area contributed by atoms with Gasteiger partial charge >= 0.3 is 5.97 Å². The third kappa shape index (κ3) is 6.63. The van der Waals surface area contributed by atoms with Crippen LogP contribution in [0.4, 0.5) is 10.2 Å². The third-order valence-electron chi connectivity index (χ3n) is 3.73. The van der Waals surface area contributed by atoms with E-state index in [0.29, 0.717) is 24.9 Å². The number of carbonyl (C=O) groups is 1. The summed E-state index contributed by atoms with van der Waals surface area (Å²) in [6.07, 6.45) is 2.69. The van der Waals surface area contributed by atoms with Crippen molar-refractivity contribution in [3.8, 4) is 0 Å². The molecule has 2 heterocycles. The molecule has 1 aliphatic heterocycles. The van der Waals surface area contributed by atoms with E-state index in [1.165, 1.54) is 13.2 Å². The molecule has 9 heteroatoms. The van der Waals surface area contributed by atoms with Crippen molar-refractivity contribution in [3.05, 3.63) is 24.1 Å². The number of methoxy groups -OCH3 is 1. The van der Waals surface area contributed by atoms with Crippen molar-refractivity contribution in [2.45, 2.75) is 25.8 Å². The van der Waals surface area contributed by atoms with Crippen molar-refractivity contribution >= 4 is 41.7 Å². The normalized spacial score (nSPS) is 17.0. The van der Waals surface area contributed by atoms with Crippen LogP contribution < -0.4 is 15.5 Å². The van der Waals surface area contributed by atoms with Crippen LogP contribution in [0, 0.1) is 5.82 Å². The molecule has 0 aliphatic carbocycles. The predicted molar refractivity (Wildman–Crippen MR) is 106 cm³/mol. The lowest BCUT2D eigenvalue weighted by Gasteiger charge is -2.19. The highest BCUT2D eigenvalue weighted by molar-refractivity contribution is 14.0. The van der Waals surface area contributed by atoms with Gasteiger partial charge in [0.2, 0.25) is 0 Å². The van der Waals surface area contributed by atoms with Crippen molar-refractivity contribution in [2.75, 3.05) is 38.2 Å². The molecule has 1 aromatic rings. The first-order chi connectivity index (χ1) is 11.6. The van der Waals surface area contributed by atoms with Crippen molar-refractivity contribution in [1.29, 1.82) is 0 Å². The lowest BCUT2D eigenvalue weighted by atomic mass is 10.3. The summed E-state index contributed by atoms with van der Waals surface area (Å²) in [4.78, 5) is 21.5. The monoisotopic (exact) mass is 465 g/mol. The van der Waals surface area contributed by atoms with Gasteiger partial charge < -0.3 is 20.3 Å². The second kappa shape index (κ2) is 11.1. The Morgan fingerprint density at radius 1 is 1.56 bits per heavy atom. The van der Waals surface area contributed by atoms with Crippen molar-refractivity contribution in [2.24, 2.45) is 4.99 Å². The number of guanidine groups is 1. The average Bonchev–Trinajstić information content (AvgIpc) is 3.03. The van der Waals surface area contributed by atoms with E-state index in [-0.39, 0.29) is 48.2 Å². The van der Waals surface area contributed by atoms with Gasteiger partial charge in [0.25, 0.3) is 0 Å². The zero-order valence-corrected chi connectivity index (χ0v) is 16.8. The Kier molecular flexibility index (Phi) is 9.46. The highest BCUT2D eigenvalue weighted by Gasteiger charge is 2.25. The predicted octanol–water partition coefficient (Wildman–Crippen LogP) is 1.54. The Balaban J connectivity index is 0.00000312. The fourth-order valence-corrected chi connectivity index (χ4v) is 2.55. The number of rotatable bonds is 6. The molecule has 1 atom stereocenters. The Labute approximate surface area is 164 Å². The average molecular weight is 465 g/mol. The molecule has 2 N–H and O–H groups in total. The molecule has 140 valence electrons. The van der Waals surface area contributed by atoms with Gasteiger partial charge in [-0.1, -0.05) is 0 Å². The van der Waals surface area contributed by atoms with Crippen LogP contribution in [-0.2, 0) is 9.53 Å². The van der Waals surface area contributed by atoms with E-state index in [9.17, 15) is 9.18 Å². The number of esters is 1. The number of nitrogens with zero attached hydrogens (tertiary/aromatic N) is 3. The number of ether oxygens (including phenoxy) is 1. The molecular formula is C16H25FIN5O2. The van der Waals surface area contributed by atoms with E-state index in [0.717, 1.165) is 19.5 Å². The number of aromatic nitrogens is 1. The summed E-state index contributed by atoms with van der Waals surface area (Å²) < 4.78 is 18.4. The van der Waals surface area contributed by atoms with Gasteiger partial charge in [0, 0.05) is 31.9 Å². The third-order valence-corrected chi connectivity index (χ3v) is 3.73. The van der Waals surface area contributed by atoms with Crippen LogP contribution in [0.15, 0.2) is 23.3 Å². The summed E-state index contributed by atoms with van der Waals surface area (Å²) in [7, 11) is 1.36. The zero-order valence-electron chi connectivity index (χ0n) is 14.5. The Morgan fingerprint density at radius 2 is 2.36 bits per heavy atom. The number of hydrogen-bond acceptors (Lipinski definition) is 5. The Bertz CT molecular complexity index is 587. The van der Waals surface area contributed by atoms with Crippen molar-refractivity contribution < 1.29 is 13.9 Å². The largest absolute Gasteiger partial charge is 0.469 e. The molecular weight excluding hydrogens is 440 g/mol. The first kappa shape index (κ1) is 21.4. The fraction of sp³-hybridized carbons (Fsp3) is 0.562. The van der Waals surface area contributed by atoms with Crippen LogP contribution in [0.1, 0.15) is 19.8 Å². The van der Waals surface area contributed by atoms with E-state index < -0.39 is 0 Å². The molecule has 25 heavy (non-hydrogen) atoms. The number of halogens is 2. The minimum absolute atomic E-state index is 0. The summed E-state index contributed by atoms with van der Waals surface area (Å²) in [5.74, 6) is 0.438. The van der Waals surface area contributed by atoms with Gasteiger partial charge in [0.05, 0.1) is 20.1 Å². The molecule has 1 fully saturated rings. The second-order valence-corrected chi connectivity index (χ2v) is 5.47. The molecule has 0 bridgehead atoms. The van der Waals surface area contributed by atoms with Gasteiger partial charge in [-0.3, -0.25) is 9.79 Å². The maximum atomic E-state index is 13.8. The Morgan fingerprint density at radius 3 is 3.04 bits per heavy atom. The van der Waals surface area contributed by atoms with Crippen LogP contribution in [-0.4, -0.2) is 56.2 Å². The van der Waals surface area contributed by atoms with Gasteiger partial charge in [0.15, 0.2) is 17.6 Å². The molecule has 1 aromatic heterocycles. The van der Waals surface area contributed by atoms with E-state index >= 15 is 0 Å². The topological polar surface area (TPSA) is 78.8 Å². The van der Waals surface area contributed by atoms with Gasteiger partial charge in [-0.2, -0.15) is 0 Å². The lowest BCUT2D eigenvalue weighted by Crippen LogP contribution is -2.44. The SMILES string of the molecule is CCNC(=NCCC(=O)OC)NC1CCN(c2ncccc2F)C1.I. The molecule has 0 saturated carbocycles. The quantitative estimate of drug-likeness (QED) is 0.287. The summed E-state index contributed by atoms with van der Waals surface area (Å²) in [6, 6.07) is 3.14. The first-order valence-corrected chi connectivity index (χ1v) is 8.11. The minimum Gasteiger partial charge on any atom is -0.469 e. The molecule has 2 rings (SSSR count). The molecule has 0 aromatic carbocycles. The van der Waals surface area contributed by atoms with Crippen LogP contribution in [0.5, 0.6) is 0 Å². The highest BCUT2D eigenvalue weighted by atomic mass is 127. The van der Waals surface area contributed by atoms with Gasteiger partial charge in [-0.05, 0) is 25.5 Å². The van der Waals surface area contributed by atoms with Gasteiger partial charge in [-0.25, -0.2) is 9.37 Å². The molecule has 1 saturated heterocycles. The maximum Gasteiger partial charge on any atom is 0.307 e. The first-order valence-electron chi connectivity index (χ1n) is 8.11. The standard InChI is InChI=1S/C16H24FN5O2.HI/c1-3-18-16(20-9-6-14(23)24-2)21-12-7-10-22(11-12)15-13(17)5-4-8-19-15;/h4-5,8,12H,3,6-7,9-11H2,1-2H3,(H2,18,20,21);1H. The summed E-state index contributed by atoms with van der Waals surface area (Å²) in [6.45, 7) is 4.42. The van der Waals surface area contributed by atoms with E-state index in [1.54, 1.807) is 12.3 Å². The fourth-order valence-electron chi connectivity index (χ4n) is 2.55. The number of pyridine rings is 1. The number of aliphatic imine (C=N–C) groups is 1. The molecule has 0 amide bonds. The summed E-state index contributed by atoms with van der Waals surface area (Å²) in [5, 5.41) is 6.47. The van der Waals surface area contributed by atoms with Gasteiger partial charge in [0.1, 0.15) is 0 Å². The number of carbonyl (C=O) groups excluding carboxylic acids is 1. The smallest absolute Gasteiger partial charge is 0.307 e. The second-order valence-electron chi connectivity index (χ2n) is 5.47. The summed E-state index contributed by atoms with van der Waals surface area (Å²) >= 11 is 0. The van der Waals surface area contributed by atoms with Crippen molar-refractivity contribution in [3.63, 3.8) is 0 Å². The zero-order chi connectivity index (χ0) is 17.4. The molecule has 1 unspecified atom stereocenters. The van der Waals surface area contributed by atoms with Crippen LogP contribution in [0.3, 0.4) is 0 Å². The van der Waals surface area contributed by atoms with E-state index in [1.807, 2.05) is 11.8 Å². The van der Waals surface area contributed by atoms with Crippen molar-refractivity contribution in [1.82, 2.24) is 15.6 Å². The molecule has 1 aliphatic rings. The number of hydrogen-bond donors (Lipinski definition) is 2. The van der Waals surface area contributed by atoms with Crippen LogP contribution in [0.2, 0.25) is 0 Å². The summed E-state index contributed by atoms with van der Waals surface area (Å²) in [5.41, 5.74) is 0. The lowest BCUT2D eigenvalue weighted by molar-refractivity contribution is -0.140. The van der Waals surface area contributed by atoms with Gasteiger partial charge in [-0.15, -0.1) is 24.0 Å². The minimum atomic E-state index is -0.309. The number of anilines is 1. The maximum absolute atomic E-state index is 13.8. The number of nitrogens with one attached hydrogen (secondary N) is 2. The van der Waals surface area contributed by atoms with E-state index in [2.05, 4.69) is 25.3 Å². The highest BCUT2D eigenvalue weighted by Crippen LogP contribution is 2.20. The molecule has 0 radical (unpaired) electrons. The van der Waals surface area contributed by atoms with Crippen LogP contribution in [0.25, 0.3) is 0 Å². The Hall–Kier alpha value is -1.65. The van der Waals surface area contributed by atoms with E-state index in [4.69, 9.17) is 0 Å². The van der Waals surface area contributed by atoms with Crippen LogP contribution >= 0.6 is 24.0 Å². The molecule has 0 spiro atoms. The molecule has 7 nitrogen and oxygen atoms in total.